The van der Waals surface area contributed by atoms with Crippen LogP contribution in [0.1, 0.15) is 0 Å². The molecule has 12 heteroatoms. The molecule has 0 fully saturated rings. The molecule has 0 spiro atoms. The number of anilines is 2. The molecule has 0 bridgehead atoms. The van der Waals surface area contributed by atoms with E-state index in [0.717, 1.165) is 18.0 Å². The first-order chi connectivity index (χ1) is 14.0. The summed E-state index contributed by atoms with van der Waals surface area (Å²) in [7, 11) is 1.45. The number of hydrogen-bond donors (Lipinski definition) is 3. The van der Waals surface area contributed by atoms with Gasteiger partial charge in [-0.25, -0.2) is 23.7 Å². The number of H-pyrrole nitrogens is 1. The average molecular weight is 436 g/mol. The molecule has 4 aromatic rings. The van der Waals surface area contributed by atoms with Crippen LogP contribution >= 0.6 is 23.5 Å². The predicted octanol–water partition coefficient (Wildman–Crippen LogP) is 4.06. The molecule has 0 atom stereocenters. The van der Waals surface area contributed by atoms with Crippen molar-refractivity contribution in [3.8, 4) is 17.3 Å². The standard InChI is InChI=1S/C17H12ClF2N7OS/c1-28-16-11(4-7(18)5-23-16)29-27-9-3-2-8(19)12(13(9)20)15-22-6-10-14(25-15)26-17(21)24-10/h2-6,27H,1H3,(H3,21,22,24,25,26). The third-order valence-corrected chi connectivity index (χ3v) is 4.86. The zero-order valence-corrected chi connectivity index (χ0v) is 16.3. The van der Waals surface area contributed by atoms with Gasteiger partial charge in [0, 0.05) is 6.20 Å². The maximum atomic E-state index is 15.1. The van der Waals surface area contributed by atoms with Crippen LogP contribution in [-0.2, 0) is 0 Å². The summed E-state index contributed by atoms with van der Waals surface area (Å²) in [5.41, 5.74) is 5.85. The van der Waals surface area contributed by atoms with E-state index in [4.69, 9.17) is 22.1 Å². The molecule has 0 amide bonds. The molecule has 4 rings (SSSR count). The summed E-state index contributed by atoms with van der Waals surface area (Å²) in [5.74, 6) is -1.41. The lowest BCUT2D eigenvalue weighted by atomic mass is 10.1. The third kappa shape index (κ3) is 3.74. The molecule has 1 aromatic carbocycles. The van der Waals surface area contributed by atoms with E-state index in [0.29, 0.717) is 21.3 Å². The number of nitrogens with zero attached hydrogens (tertiary/aromatic N) is 4. The lowest BCUT2D eigenvalue weighted by molar-refractivity contribution is 0.387. The molecular formula is C17H12ClF2N7OS. The lowest BCUT2D eigenvalue weighted by Gasteiger charge is -2.12. The van der Waals surface area contributed by atoms with E-state index in [1.807, 2.05) is 0 Å². The normalized spacial score (nSPS) is 11.0. The quantitative estimate of drug-likeness (QED) is 0.402. The number of hydrogen-bond acceptors (Lipinski definition) is 8. The second-order valence-electron chi connectivity index (χ2n) is 5.70. The van der Waals surface area contributed by atoms with Crippen molar-refractivity contribution in [3.05, 3.63) is 47.2 Å². The van der Waals surface area contributed by atoms with Crippen molar-refractivity contribution in [1.82, 2.24) is 24.9 Å². The van der Waals surface area contributed by atoms with Crippen molar-refractivity contribution in [2.75, 3.05) is 17.6 Å². The molecule has 8 nitrogen and oxygen atoms in total. The number of benzene rings is 1. The van der Waals surface area contributed by atoms with E-state index in [2.05, 4.69) is 29.6 Å². The first-order valence-corrected chi connectivity index (χ1v) is 9.24. The monoisotopic (exact) mass is 435 g/mol. The Balaban J connectivity index is 1.69. The molecule has 3 aromatic heterocycles. The van der Waals surface area contributed by atoms with Crippen molar-refractivity contribution in [1.29, 1.82) is 0 Å². The Morgan fingerprint density at radius 2 is 2.03 bits per heavy atom. The van der Waals surface area contributed by atoms with Crippen molar-refractivity contribution in [3.63, 3.8) is 0 Å². The maximum Gasteiger partial charge on any atom is 0.228 e. The van der Waals surface area contributed by atoms with Gasteiger partial charge in [-0.2, -0.15) is 4.98 Å². The summed E-state index contributed by atoms with van der Waals surface area (Å²) in [6.45, 7) is 0. The zero-order valence-electron chi connectivity index (χ0n) is 14.7. The third-order valence-electron chi connectivity index (χ3n) is 3.82. The molecule has 0 aliphatic carbocycles. The van der Waals surface area contributed by atoms with Crippen molar-refractivity contribution in [2.24, 2.45) is 0 Å². The second kappa shape index (κ2) is 7.68. The number of nitrogen functional groups attached to an aromatic ring is 1. The molecule has 4 N–H and O–H groups in total. The highest BCUT2D eigenvalue weighted by molar-refractivity contribution is 8.00. The lowest BCUT2D eigenvalue weighted by Crippen LogP contribution is -2.00. The van der Waals surface area contributed by atoms with Crippen molar-refractivity contribution >= 4 is 46.3 Å². The van der Waals surface area contributed by atoms with Crippen LogP contribution in [0, 0.1) is 11.6 Å². The fourth-order valence-electron chi connectivity index (χ4n) is 2.53. The Hall–Kier alpha value is -3.18. The van der Waals surface area contributed by atoms with Gasteiger partial charge in [0.2, 0.25) is 5.88 Å². The van der Waals surface area contributed by atoms with Gasteiger partial charge in [0.15, 0.2) is 23.2 Å². The number of pyridine rings is 1. The molecular weight excluding hydrogens is 424 g/mol. The number of nitrogens with one attached hydrogen (secondary N) is 2. The smallest absolute Gasteiger partial charge is 0.228 e. The van der Waals surface area contributed by atoms with Gasteiger partial charge < -0.3 is 20.2 Å². The summed E-state index contributed by atoms with van der Waals surface area (Å²) in [4.78, 5) is 19.4. The Bertz CT molecular complexity index is 1220. The SMILES string of the molecule is COc1ncc(Cl)cc1SNc1ccc(F)c(-c2ncc3[nH]c(N)nc3n2)c1F. The molecule has 3 heterocycles. The molecule has 0 aliphatic rings. The molecule has 148 valence electrons. The number of halogens is 3. The Morgan fingerprint density at radius 1 is 1.21 bits per heavy atom. The van der Waals surface area contributed by atoms with Crippen LogP contribution in [0.4, 0.5) is 20.4 Å². The Morgan fingerprint density at radius 3 is 2.83 bits per heavy atom. The minimum Gasteiger partial charge on any atom is -0.480 e. The molecule has 29 heavy (non-hydrogen) atoms. The minimum atomic E-state index is -0.866. The van der Waals surface area contributed by atoms with E-state index < -0.39 is 17.2 Å². The van der Waals surface area contributed by atoms with E-state index in [9.17, 15) is 4.39 Å². The van der Waals surface area contributed by atoms with Gasteiger partial charge in [0.05, 0.1) is 34.5 Å². The van der Waals surface area contributed by atoms with Crippen LogP contribution in [0.25, 0.3) is 22.6 Å². The minimum absolute atomic E-state index is 0.0127. The maximum absolute atomic E-state index is 15.1. The van der Waals surface area contributed by atoms with Crippen molar-refractivity contribution in [2.45, 2.75) is 4.90 Å². The van der Waals surface area contributed by atoms with E-state index in [-0.39, 0.29) is 23.1 Å². The summed E-state index contributed by atoms with van der Waals surface area (Å²) >= 11 is 6.96. The van der Waals surface area contributed by atoms with E-state index in [1.54, 1.807) is 6.07 Å². The summed E-state index contributed by atoms with van der Waals surface area (Å²) in [5, 5.41) is 0.385. The number of methoxy groups -OCH3 is 1. The summed E-state index contributed by atoms with van der Waals surface area (Å²) in [6, 6.07) is 3.98. The highest BCUT2D eigenvalue weighted by atomic mass is 35.5. The highest BCUT2D eigenvalue weighted by Crippen LogP contribution is 2.34. The van der Waals surface area contributed by atoms with Crippen LogP contribution < -0.4 is 15.2 Å². The Kier molecular flexibility index (Phi) is 5.07. The molecule has 0 unspecified atom stereocenters. The van der Waals surface area contributed by atoms with Crippen LogP contribution in [0.15, 0.2) is 35.5 Å². The number of rotatable bonds is 5. The number of imidazole rings is 1. The average Bonchev–Trinajstić information content (AvgIpc) is 3.07. The number of aromatic amines is 1. The van der Waals surface area contributed by atoms with Gasteiger partial charge in [0.25, 0.3) is 0 Å². The number of nitrogens with two attached hydrogens (primary N) is 1. The number of fused-ring (bicyclic) bond motifs is 1. The summed E-state index contributed by atoms with van der Waals surface area (Å²) < 4.78 is 37.4. The first kappa shape index (κ1) is 19.2. The fourth-order valence-corrected chi connectivity index (χ4v) is 3.54. The van der Waals surface area contributed by atoms with Gasteiger partial charge in [-0.15, -0.1) is 0 Å². The fraction of sp³-hybridized carbons (Fsp3) is 0.0588. The van der Waals surface area contributed by atoms with Gasteiger partial charge in [-0.05, 0) is 30.1 Å². The largest absolute Gasteiger partial charge is 0.480 e. The Labute approximate surface area is 172 Å². The molecule has 0 saturated carbocycles. The van der Waals surface area contributed by atoms with Gasteiger partial charge >= 0.3 is 0 Å². The second-order valence-corrected chi connectivity index (χ2v) is 6.99. The van der Waals surface area contributed by atoms with Gasteiger partial charge in [-0.1, -0.05) is 11.6 Å². The van der Waals surface area contributed by atoms with E-state index in [1.165, 1.54) is 25.6 Å². The van der Waals surface area contributed by atoms with Crippen LogP contribution in [0.3, 0.4) is 0 Å². The molecule has 0 aliphatic heterocycles. The number of ether oxygens (including phenoxy) is 1. The van der Waals surface area contributed by atoms with Gasteiger partial charge in [-0.3, -0.25) is 0 Å². The summed E-state index contributed by atoms with van der Waals surface area (Å²) in [6.07, 6.45) is 2.79. The first-order valence-electron chi connectivity index (χ1n) is 8.05. The van der Waals surface area contributed by atoms with E-state index >= 15 is 4.39 Å². The van der Waals surface area contributed by atoms with Crippen molar-refractivity contribution < 1.29 is 13.5 Å². The zero-order chi connectivity index (χ0) is 20.5. The van der Waals surface area contributed by atoms with Crippen LogP contribution in [0.5, 0.6) is 5.88 Å². The highest BCUT2D eigenvalue weighted by Gasteiger charge is 2.20. The molecule has 0 saturated heterocycles. The predicted molar refractivity (Wildman–Crippen MR) is 107 cm³/mol. The van der Waals surface area contributed by atoms with Crippen LogP contribution in [0.2, 0.25) is 5.02 Å². The molecule has 0 radical (unpaired) electrons. The van der Waals surface area contributed by atoms with Crippen LogP contribution in [-0.4, -0.2) is 32.0 Å². The number of aromatic nitrogens is 5. The van der Waals surface area contributed by atoms with Gasteiger partial charge in [0.1, 0.15) is 11.3 Å². The topological polar surface area (TPSA) is 115 Å².